The van der Waals surface area contributed by atoms with E-state index < -0.39 is 30.2 Å². The van der Waals surface area contributed by atoms with E-state index in [-0.39, 0.29) is 22.7 Å². The molecule has 2 heterocycles. The lowest BCUT2D eigenvalue weighted by Gasteiger charge is -2.30. The van der Waals surface area contributed by atoms with E-state index in [9.17, 15) is 27.2 Å². The van der Waals surface area contributed by atoms with Gasteiger partial charge in [0.15, 0.2) is 5.78 Å². The van der Waals surface area contributed by atoms with Gasteiger partial charge in [-0.15, -0.1) is 0 Å². The maximum Gasteiger partial charge on any atom is 0.461 e. The molecule has 0 saturated carbocycles. The van der Waals surface area contributed by atoms with Gasteiger partial charge in [0, 0.05) is 22.7 Å². The van der Waals surface area contributed by atoms with Crippen LogP contribution in [0.1, 0.15) is 66.7 Å². The molecule has 2 amide bonds. The normalized spacial score (nSPS) is 14.9. The average Bonchev–Trinajstić information content (AvgIpc) is 3.46. The number of alkyl halides is 4. The summed E-state index contributed by atoms with van der Waals surface area (Å²) in [5.41, 5.74) is 3.78. The Morgan fingerprint density at radius 3 is 2.23 bits per heavy atom. The predicted molar refractivity (Wildman–Crippen MR) is 177 cm³/mol. The van der Waals surface area contributed by atoms with Gasteiger partial charge < -0.3 is 15.4 Å². The quantitative estimate of drug-likeness (QED) is 0.117. The van der Waals surface area contributed by atoms with Crippen molar-refractivity contribution < 1.29 is 31.9 Å². The number of ether oxygens (including phenoxy) is 1. The summed E-state index contributed by atoms with van der Waals surface area (Å²) in [5.74, 6) is -0.901. The van der Waals surface area contributed by atoms with E-state index in [2.05, 4.69) is 20.7 Å². The first-order valence-corrected chi connectivity index (χ1v) is 15.8. The molecule has 254 valence electrons. The lowest BCUT2D eigenvalue weighted by atomic mass is 9.76. The number of hydrogen-bond acceptors (Lipinski definition) is 5. The van der Waals surface area contributed by atoms with E-state index in [1.54, 1.807) is 22.9 Å². The number of aromatic nitrogens is 2. The van der Waals surface area contributed by atoms with Crippen LogP contribution < -0.4 is 20.7 Å². The van der Waals surface area contributed by atoms with Crippen LogP contribution in [0.2, 0.25) is 0 Å². The van der Waals surface area contributed by atoms with Crippen molar-refractivity contribution in [2.75, 3.05) is 23.7 Å². The van der Waals surface area contributed by atoms with Gasteiger partial charge in [0.2, 0.25) is 0 Å². The van der Waals surface area contributed by atoms with Crippen molar-refractivity contribution in [2.45, 2.75) is 64.4 Å². The number of rotatable bonds is 10. The number of nitrogens with zero attached hydrogens (tertiary/aromatic N) is 2. The predicted octanol–water partition coefficient (Wildman–Crippen LogP) is 8.33. The molecule has 1 aliphatic rings. The van der Waals surface area contributed by atoms with E-state index >= 15 is 0 Å². The summed E-state index contributed by atoms with van der Waals surface area (Å²) in [4.78, 5) is 27.3. The number of anilines is 2. The standard InChI is InChI=1S/C36H39F4N5O3/c1-22-8-12-27(13-9-22)45-30(21-29(44-45)35(2,3)4)43-34(47)42-26-7-5-6-25(20-26)31(23-16-18-41-19-17-23)32(46)24-10-14-28(15-11-24)48-36(39,40)33(37)38/h5-15,20-21,23,31,33,41H,16-19H2,1-4H3,(H2,42,43,47). The summed E-state index contributed by atoms with van der Waals surface area (Å²) in [6, 6.07) is 20.9. The monoisotopic (exact) mass is 665 g/mol. The van der Waals surface area contributed by atoms with Crippen LogP contribution in [-0.2, 0) is 5.41 Å². The Morgan fingerprint density at radius 2 is 1.60 bits per heavy atom. The van der Waals surface area contributed by atoms with E-state index in [1.165, 1.54) is 12.1 Å². The molecule has 48 heavy (non-hydrogen) atoms. The number of nitrogens with one attached hydrogen (secondary N) is 3. The fourth-order valence-electron chi connectivity index (χ4n) is 5.69. The summed E-state index contributed by atoms with van der Waals surface area (Å²) < 4.78 is 57.9. The molecule has 0 radical (unpaired) electrons. The number of aryl methyl sites for hydroxylation is 1. The number of benzene rings is 3. The average molecular weight is 666 g/mol. The lowest BCUT2D eigenvalue weighted by molar-refractivity contribution is -0.253. The second-order valence-corrected chi connectivity index (χ2v) is 13.0. The molecule has 5 rings (SSSR count). The summed E-state index contributed by atoms with van der Waals surface area (Å²) in [7, 11) is 0. The van der Waals surface area contributed by atoms with Crippen LogP contribution in [0.4, 0.5) is 33.9 Å². The minimum Gasteiger partial charge on any atom is -0.428 e. The number of halogens is 4. The summed E-state index contributed by atoms with van der Waals surface area (Å²) >= 11 is 0. The van der Waals surface area contributed by atoms with Gasteiger partial charge in [-0.3, -0.25) is 10.1 Å². The third kappa shape index (κ3) is 8.22. The van der Waals surface area contributed by atoms with Crippen molar-refractivity contribution in [2.24, 2.45) is 5.92 Å². The van der Waals surface area contributed by atoms with Gasteiger partial charge in [-0.1, -0.05) is 50.6 Å². The zero-order valence-electron chi connectivity index (χ0n) is 27.2. The van der Waals surface area contributed by atoms with Crippen molar-refractivity contribution in [1.82, 2.24) is 15.1 Å². The number of urea groups is 1. The number of piperidine rings is 1. The Bertz CT molecular complexity index is 1730. The van der Waals surface area contributed by atoms with E-state index in [1.807, 2.05) is 64.1 Å². The number of carbonyl (C=O) groups excluding carboxylic acids is 2. The highest BCUT2D eigenvalue weighted by molar-refractivity contribution is 6.02. The van der Waals surface area contributed by atoms with Crippen LogP contribution in [0.25, 0.3) is 5.69 Å². The summed E-state index contributed by atoms with van der Waals surface area (Å²) in [6.45, 7) is 9.55. The Morgan fingerprint density at radius 1 is 0.938 bits per heavy atom. The zero-order chi connectivity index (χ0) is 34.6. The molecule has 4 aromatic rings. The number of amides is 2. The molecule has 0 spiro atoms. The molecule has 0 aliphatic carbocycles. The highest BCUT2D eigenvalue weighted by Crippen LogP contribution is 2.36. The SMILES string of the molecule is Cc1ccc(-n2nc(C(C)(C)C)cc2NC(=O)Nc2cccc(C(C(=O)c3ccc(OC(F)(F)C(F)F)cc3)C3CCNCC3)c2)cc1. The van der Waals surface area contributed by atoms with Gasteiger partial charge in [-0.05, 0) is 92.9 Å². The molecular formula is C36H39F4N5O3. The van der Waals surface area contributed by atoms with Crippen LogP contribution in [0.5, 0.6) is 5.75 Å². The maximum absolute atomic E-state index is 14.0. The molecule has 1 fully saturated rings. The van der Waals surface area contributed by atoms with Crippen molar-refractivity contribution in [3.05, 3.63) is 101 Å². The van der Waals surface area contributed by atoms with E-state index in [0.717, 1.165) is 55.0 Å². The fourth-order valence-corrected chi connectivity index (χ4v) is 5.69. The van der Waals surface area contributed by atoms with Crippen LogP contribution in [0, 0.1) is 12.8 Å². The van der Waals surface area contributed by atoms with Gasteiger partial charge in [0.1, 0.15) is 11.6 Å². The fraction of sp³-hybridized carbons (Fsp3) is 0.361. The third-order valence-corrected chi connectivity index (χ3v) is 8.29. The van der Waals surface area contributed by atoms with Crippen molar-refractivity contribution in [3.8, 4) is 11.4 Å². The second kappa shape index (κ2) is 14.2. The number of hydrogen-bond donors (Lipinski definition) is 3. The number of ketones is 1. The summed E-state index contributed by atoms with van der Waals surface area (Å²) in [5, 5.41) is 13.9. The van der Waals surface area contributed by atoms with E-state index in [0.29, 0.717) is 17.1 Å². The number of carbonyl (C=O) groups is 2. The van der Waals surface area contributed by atoms with Gasteiger partial charge >= 0.3 is 18.6 Å². The zero-order valence-corrected chi connectivity index (χ0v) is 27.2. The van der Waals surface area contributed by atoms with E-state index in [4.69, 9.17) is 5.10 Å². The first kappa shape index (κ1) is 34.6. The Balaban J connectivity index is 1.38. The molecule has 3 aromatic carbocycles. The van der Waals surface area contributed by atoms with Crippen LogP contribution >= 0.6 is 0 Å². The first-order chi connectivity index (χ1) is 22.7. The molecular weight excluding hydrogens is 626 g/mol. The van der Waals surface area contributed by atoms with Gasteiger partial charge in [0.25, 0.3) is 0 Å². The van der Waals surface area contributed by atoms with Crippen LogP contribution in [-0.4, -0.2) is 47.2 Å². The molecule has 1 unspecified atom stereocenters. The Kier molecular flexibility index (Phi) is 10.2. The van der Waals surface area contributed by atoms with Crippen molar-refractivity contribution in [1.29, 1.82) is 0 Å². The van der Waals surface area contributed by atoms with Crippen molar-refractivity contribution >= 4 is 23.3 Å². The highest BCUT2D eigenvalue weighted by atomic mass is 19.3. The molecule has 1 aromatic heterocycles. The highest BCUT2D eigenvalue weighted by Gasteiger charge is 2.44. The van der Waals surface area contributed by atoms with Gasteiger partial charge in [0.05, 0.1) is 17.3 Å². The molecule has 3 N–H and O–H groups in total. The second-order valence-electron chi connectivity index (χ2n) is 13.0. The van der Waals surface area contributed by atoms with Crippen LogP contribution in [0.15, 0.2) is 78.9 Å². The topological polar surface area (TPSA) is 97.3 Å². The minimum absolute atomic E-state index is 0.0402. The van der Waals surface area contributed by atoms with Gasteiger partial charge in [-0.25, -0.2) is 9.48 Å². The minimum atomic E-state index is -4.65. The molecule has 1 aliphatic heterocycles. The molecule has 12 heteroatoms. The molecule has 0 bridgehead atoms. The smallest absolute Gasteiger partial charge is 0.428 e. The molecule has 8 nitrogen and oxygen atoms in total. The maximum atomic E-state index is 14.0. The van der Waals surface area contributed by atoms with Crippen molar-refractivity contribution in [3.63, 3.8) is 0 Å². The number of Topliss-reactive ketones (excluding diaryl/α,β-unsaturated/α-hetero) is 1. The summed E-state index contributed by atoms with van der Waals surface area (Å²) in [6.07, 6.45) is -7.22. The molecule has 1 atom stereocenters. The van der Waals surface area contributed by atoms with Crippen LogP contribution in [0.3, 0.4) is 0 Å². The lowest BCUT2D eigenvalue weighted by Crippen LogP contribution is -2.34. The third-order valence-electron chi connectivity index (χ3n) is 8.29. The molecule has 1 saturated heterocycles. The first-order valence-electron chi connectivity index (χ1n) is 15.8. The Hall–Kier alpha value is -4.71. The Labute approximate surface area is 276 Å². The van der Waals surface area contributed by atoms with Gasteiger partial charge in [-0.2, -0.15) is 22.7 Å². The largest absolute Gasteiger partial charge is 0.461 e.